The number of esters is 1. The quantitative estimate of drug-likeness (QED) is 0.0756. The van der Waals surface area contributed by atoms with Gasteiger partial charge in [0.15, 0.2) is 0 Å². The van der Waals surface area contributed by atoms with Crippen LogP contribution >= 0.6 is 0 Å². The molecule has 2 aromatic carbocycles. The molecule has 302 valence electrons. The van der Waals surface area contributed by atoms with Crippen molar-refractivity contribution in [2.24, 2.45) is 0 Å². The molecular weight excluding hydrogens is 799 g/mol. The minimum Gasteiger partial charge on any atom is -0.462 e. The van der Waals surface area contributed by atoms with Gasteiger partial charge in [0.1, 0.15) is 19.2 Å². The SMILES string of the molecule is C[Si](C)(C)C#Cc1ccc(-c2c3nc(c(C(F)(F)F)c4ccc([nH]4)c(-c4ccc(C(=O)OCC[Si](C)(C)C)cc4)c4nc(c(C(F)(F)F)c5ccc2[nH]5)C=C4)C=C3)cc1. The molecule has 0 radical (unpaired) electrons. The number of H-pyrrole nitrogens is 2. The van der Waals surface area contributed by atoms with E-state index in [4.69, 9.17) is 4.74 Å². The van der Waals surface area contributed by atoms with Crippen LogP contribution in [0, 0.1) is 11.5 Å². The van der Waals surface area contributed by atoms with Gasteiger partial charge >= 0.3 is 18.3 Å². The molecule has 0 aliphatic carbocycles. The summed E-state index contributed by atoms with van der Waals surface area (Å²) in [4.78, 5) is 27.6. The largest absolute Gasteiger partial charge is 0.462 e. The monoisotopic (exact) mass is 838 g/mol. The maximum atomic E-state index is 15.1. The van der Waals surface area contributed by atoms with Gasteiger partial charge in [-0.05, 0) is 90.0 Å². The lowest BCUT2D eigenvalue weighted by molar-refractivity contribution is -0.137. The Kier molecular flexibility index (Phi) is 10.7. The van der Waals surface area contributed by atoms with Crippen LogP contribution in [0.25, 0.3) is 68.6 Å². The van der Waals surface area contributed by atoms with Crippen LogP contribution in [0.15, 0.2) is 72.8 Å². The van der Waals surface area contributed by atoms with Crippen LogP contribution < -0.4 is 0 Å². The van der Waals surface area contributed by atoms with Crippen molar-refractivity contribution in [3.05, 3.63) is 118 Å². The maximum absolute atomic E-state index is 15.1. The van der Waals surface area contributed by atoms with Crippen LogP contribution in [0.4, 0.5) is 26.3 Å². The first-order chi connectivity index (χ1) is 27.6. The highest BCUT2D eigenvalue weighted by molar-refractivity contribution is 6.83. The highest BCUT2D eigenvalue weighted by Gasteiger charge is 2.38. The van der Waals surface area contributed by atoms with E-state index in [1.807, 2.05) is 0 Å². The Bertz CT molecular complexity index is 2740. The molecular formula is C45H40F6N4O2Si2. The molecule has 0 saturated carbocycles. The van der Waals surface area contributed by atoms with Gasteiger partial charge in [-0.25, -0.2) is 14.8 Å². The van der Waals surface area contributed by atoms with E-state index in [-0.39, 0.29) is 56.9 Å². The van der Waals surface area contributed by atoms with Crippen LogP contribution in [-0.4, -0.2) is 48.7 Å². The average molecular weight is 839 g/mol. The van der Waals surface area contributed by atoms with Crippen molar-refractivity contribution in [1.82, 2.24) is 19.9 Å². The summed E-state index contributed by atoms with van der Waals surface area (Å²) in [6, 6.07) is 19.3. The zero-order valence-electron chi connectivity index (χ0n) is 33.1. The van der Waals surface area contributed by atoms with Crippen LogP contribution in [0.2, 0.25) is 45.3 Å². The van der Waals surface area contributed by atoms with E-state index in [2.05, 4.69) is 70.7 Å². The second-order valence-electron chi connectivity index (χ2n) is 16.6. The van der Waals surface area contributed by atoms with E-state index in [9.17, 15) is 4.79 Å². The fourth-order valence-electron chi connectivity index (χ4n) is 6.70. The number of aromatic nitrogens is 4. The molecule has 6 nitrogen and oxygen atoms in total. The van der Waals surface area contributed by atoms with Crippen molar-refractivity contribution >= 4 is 68.5 Å². The minimum absolute atomic E-state index is 0.0614. The van der Waals surface area contributed by atoms with Gasteiger partial charge in [-0.1, -0.05) is 69.5 Å². The number of nitrogens with one attached hydrogen (secondary N) is 2. The summed E-state index contributed by atoms with van der Waals surface area (Å²) < 4.78 is 96.1. The van der Waals surface area contributed by atoms with Crippen molar-refractivity contribution in [3.63, 3.8) is 0 Å². The number of alkyl halides is 6. The molecule has 0 unspecified atom stereocenters. The van der Waals surface area contributed by atoms with Gasteiger partial charge in [-0.15, -0.1) is 5.54 Å². The molecule has 0 atom stereocenters. The number of benzene rings is 2. The molecule has 14 heteroatoms. The van der Waals surface area contributed by atoms with Crippen molar-refractivity contribution in [2.45, 2.75) is 57.7 Å². The van der Waals surface area contributed by atoms with Crippen molar-refractivity contribution < 1.29 is 35.9 Å². The number of hydrogen-bond donors (Lipinski definition) is 2. The first kappa shape index (κ1) is 41.3. The number of carbonyl (C=O) groups is 1. The molecule has 7 rings (SSSR count). The van der Waals surface area contributed by atoms with Gasteiger partial charge in [-0.3, -0.25) is 0 Å². The highest BCUT2D eigenvalue weighted by Crippen LogP contribution is 2.41. The molecule has 0 amide bonds. The third kappa shape index (κ3) is 9.21. The molecule has 0 fully saturated rings. The van der Waals surface area contributed by atoms with Crippen LogP contribution in [0.3, 0.4) is 0 Å². The molecule has 59 heavy (non-hydrogen) atoms. The van der Waals surface area contributed by atoms with Crippen LogP contribution in [-0.2, 0) is 17.1 Å². The van der Waals surface area contributed by atoms with E-state index in [0.717, 1.165) is 11.6 Å². The second-order valence-corrected chi connectivity index (χ2v) is 27.0. The van der Waals surface area contributed by atoms with Crippen LogP contribution in [0.5, 0.6) is 0 Å². The van der Waals surface area contributed by atoms with Gasteiger partial charge in [0.25, 0.3) is 0 Å². The number of aromatic amines is 2. The Balaban J connectivity index is 1.50. The van der Waals surface area contributed by atoms with Gasteiger partial charge in [0.05, 0.1) is 46.0 Å². The predicted molar refractivity (Wildman–Crippen MR) is 228 cm³/mol. The van der Waals surface area contributed by atoms with Crippen molar-refractivity contribution in [2.75, 3.05) is 6.61 Å². The fourth-order valence-corrected chi connectivity index (χ4v) is 7.93. The Labute approximate surface area is 339 Å². The standard InChI is InChI=1S/C45H40F6N4O2Si2/c1-58(2,3)25-23-27-7-9-28(10-8-27)39-31-15-19-35(52-31)41(44(46,47)48)37-21-17-33(54-37)40(29-11-13-30(14-12-29)43(56)57-24-26-59(4,5)6)34-18-22-38(55-34)42(45(49,50)51)36-20-16-32(39)53-36/h7-22,52,55H,24,26H2,1-6H3. The Hall–Kier alpha value is -5.92. The van der Waals surface area contributed by atoms with Gasteiger partial charge in [0, 0.05) is 35.8 Å². The highest BCUT2D eigenvalue weighted by atomic mass is 28.3. The molecule has 5 heterocycles. The molecule has 0 spiro atoms. The maximum Gasteiger partial charge on any atom is 0.420 e. The molecule has 3 aromatic heterocycles. The molecule has 8 bridgehead atoms. The predicted octanol–water partition coefficient (Wildman–Crippen LogP) is 12.8. The number of ether oxygens (including phenoxy) is 1. The van der Waals surface area contributed by atoms with E-state index in [1.54, 1.807) is 36.4 Å². The normalized spacial score (nSPS) is 13.0. The topological polar surface area (TPSA) is 83.7 Å². The minimum atomic E-state index is -4.87. The zero-order valence-corrected chi connectivity index (χ0v) is 35.1. The van der Waals surface area contributed by atoms with Gasteiger partial charge < -0.3 is 14.7 Å². The fraction of sp³-hybridized carbons (Fsp3) is 0.222. The summed E-state index contributed by atoms with van der Waals surface area (Å²) in [6.45, 7) is 13.1. The first-order valence-corrected chi connectivity index (χ1v) is 26.1. The number of rotatable bonds is 6. The van der Waals surface area contributed by atoms with Crippen molar-refractivity contribution in [3.8, 4) is 33.7 Å². The van der Waals surface area contributed by atoms with Crippen LogP contribution in [0.1, 0.15) is 49.8 Å². The van der Waals surface area contributed by atoms with E-state index in [0.29, 0.717) is 16.7 Å². The Morgan fingerprint density at radius 2 is 1.03 bits per heavy atom. The van der Waals surface area contributed by atoms with Gasteiger partial charge in [-0.2, -0.15) is 26.3 Å². The second kappa shape index (κ2) is 15.4. The summed E-state index contributed by atoms with van der Waals surface area (Å²) in [7, 11) is -3.17. The average Bonchev–Trinajstić information content (AvgIpc) is 3.97. The summed E-state index contributed by atoms with van der Waals surface area (Å²) in [5.41, 5.74) is 2.71. The van der Waals surface area contributed by atoms with E-state index < -0.39 is 51.3 Å². The lowest BCUT2D eigenvalue weighted by Crippen LogP contribution is -2.22. The molecule has 2 aliphatic rings. The molecule has 2 aliphatic heterocycles. The number of halogens is 6. The summed E-state index contributed by atoms with van der Waals surface area (Å²) >= 11 is 0. The van der Waals surface area contributed by atoms with Crippen molar-refractivity contribution in [1.29, 1.82) is 0 Å². The van der Waals surface area contributed by atoms with E-state index >= 15 is 26.3 Å². The number of fused-ring (bicyclic) bond motifs is 8. The molecule has 0 saturated heterocycles. The van der Waals surface area contributed by atoms with E-state index in [1.165, 1.54) is 60.7 Å². The number of nitrogens with zero attached hydrogens (tertiary/aromatic N) is 2. The number of hydrogen-bond acceptors (Lipinski definition) is 4. The molecule has 2 N–H and O–H groups in total. The summed E-state index contributed by atoms with van der Waals surface area (Å²) in [5.74, 6) is 2.62. The zero-order chi connectivity index (χ0) is 42.5. The Morgan fingerprint density at radius 3 is 1.46 bits per heavy atom. The summed E-state index contributed by atoms with van der Waals surface area (Å²) in [6.07, 6.45) is -4.45. The first-order valence-electron chi connectivity index (χ1n) is 18.9. The Morgan fingerprint density at radius 1 is 0.610 bits per heavy atom. The molecule has 5 aromatic rings. The lowest BCUT2D eigenvalue weighted by atomic mass is 10.0. The third-order valence-corrected chi connectivity index (χ3v) is 12.1. The summed E-state index contributed by atoms with van der Waals surface area (Å²) in [5, 5.41) is 0. The third-order valence-electron chi connectivity index (χ3n) is 9.57. The lowest BCUT2D eigenvalue weighted by Gasteiger charge is -2.15. The number of carbonyl (C=O) groups excluding carboxylic acids is 1. The van der Waals surface area contributed by atoms with Gasteiger partial charge in [0.2, 0.25) is 0 Å². The smallest absolute Gasteiger partial charge is 0.420 e.